The smallest absolute Gasteiger partial charge is 0.307 e. The number of carboxylic acid groups (broad SMARTS) is 1. The topological polar surface area (TPSA) is 40.5 Å². The minimum atomic E-state index is -0.746. The van der Waals surface area contributed by atoms with Crippen LogP contribution >= 0.6 is 0 Å². The summed E-state index contributed by atoms with van der Waals surface area (Å²) in [6.07, 6.45) is 4.09. The number of likely N-dealkylation sites (N-methyl/N-ethyl adjacent to an activating group) is 1. The second-order valence-electron chi connectivity index (χ2n) is 4.27. The summed E-state index contributed by atoms with van der Waals surface area (Å²) in [7, 11) is 1.93. The Balaban J connectivity index is 2.35. The normalized spacial score (nSPS) is 13.1. The van der Waals surface area contributed by atoms with Crippen LogP contribution in [0.3, 0.4) is 0 Å². The Bertz CT molecular complexity index is 373. The molecule has 17 heavy (non-hydrogen) atoms. The first-order valence-corrected chi connectivity index (χ1v) is 5.72. The fourth-order valence-electron chi connectivity index (χ4n) is 1.55. The third-order valence-electron chi connectivity index (χ3n) is 2.53. The summed E-state index contributed by atoms with van der Waals surface area (Å²) in [5.74, 6) is -1.07. The van der Waals surface area contributed by atoms with Crippen LogP contribution in [0, 0.1) is 5.92 Å². The molecule has 0 fully saturated rings. The van der Waals surface area contributed by atoms with Crippen LogP contribution in [0.2, 0.25) is 0 Å². The van der Waals surface area contributed by atoms with Crippen LogP contribution in [0.15, 0.2) is 36.4 Å². The first kappa shape index (κ1) is 13.5. The molecule has 0 spiro atoms. The number of hydrogen-bond acceptors (Lipinski definition) is 2. The predicted molar refractivity (Wildman–Crippen MR) is 69.8 cm³/mol. The Morgan fingerprint density at radius 1 is 1.41 bits per heavy atom. The highest BCUT2D eigenvalue weighted by molar-refractivity contribution is 5.69. The van der Waals surface area contributed by atoms with Gasteiger partial charge in [0.25, 0.3) is 0 Å². The monoisotopic (exact) mass is 233 g/mol. The van der Waals surface area contributed by atoms with E-state index in [9.17, 15) is 4.79 Å². The molecular weight excluding hydrogens is 214 g/mol. The number of carboxylic acids is 1. The molecule has 0 aliphatic rings. The summed E-state index contributed by atoms with van der Waals surface area (Å²) in [5.41, 5.74) is 1.16. The van der Waals surface area contributed by atoms with Crippen molar-refractivity contribution >= 4 is 12.0 Å². The van der Waals surface area contributed by atoms with Gasteiger partial charge >= 0.3 is 5.97 Å². The summed E-state index contributed by atoms with van der Waals surface area (Å²) in [6, 6.07) is 10.1. The van der Waals surface area contributed by atoms with E-state index in [4.69, 9.17) is 5.11 Å². The summed E-state index contributed by atoms with van der Waals surface area (Å²) >= 11 is 0. The summed E-state index contributed by atoms with van der Waals surface area (Å²) in [4.78, 5) is 12.7. The van der Waals surface area contributed by atoms with Crippen molar-refractivity contribution in [2.45, 2.75) is 6.92 Å². The molecule has 92 valence electrons. The highest BCUT2D eigenvalue weighted by Gasteiger charge is 2.12. The van der Waals surface area contributed by atoms with Crippen LogP contribution in [0.1, 0.15) is 12.5 Å². The summed E-state index contributed by atoms with van der Waals surface area (Å²) < 4.78 is 0. The van der Waals surface area contributed by atoms with E-state index in [-0.39, 0.29) is 5.92 Å². The Labute approximate surface area is 102 Å². The lowest BCUT2D eigenvalue weighted by atomic mass is 10.1. The molecule has 0 saturated heterocycles. The zero-order chi connectivity index (χ0) is 12.7. The number of rotatable bonds is 6. The second kappa shape index (κ2) is 6.86. The third-order valence-corrected chi connectivity index (χ3v) is 2.53. The maximum absolute atomic E-state index is 10.7. The Kier molecular flexibility index (Phi) is 5.43. The van der Waals surface area contributed by atoms with Gasteiger partial charge in [-0.25, -0.2) is 0 Å². The molecule has 1 unspecified atom stereocenters. The van der Waals surface area contributed by atoms with E-state index in [0.29, 0.717) is 6.54 Å². The van der Waals surface area contributed by atoms with E-state index in [1.165, 1.54) is 0 Å². The van der Waals surface area contributed by atoms with Crippen molar-refractivity contribution in [3.8, 4) is 0 Å². The third kappa shape index (κ3) is 5.31. The molecule has 0 radical (unpaired) electrons. The highest BCUT2D eigenvalue weighted by Crippen LogP contribution is 2.02. The van der Waals surface area contributed by atoms with Gasteiger partial charge in [0, 0.05) is 13.1 Å². The van der Waals surface area contributed by atoms with E-state index in [1.807, 2.05) is 54.4 Å². The van der Waals surface area contributed by atoms with Gasteiger partial charge in [-0.3, -0.25) is 4.79 Å². The molecule has 1 atom stereocenters. The first-order valence-electron chi connectivity index (χ1n) is 5.72. The lowest BCUT2D eigenvalue weighted by molar-refractivity contribution is -0.141. The Hall–Kier alpha value is -1.61. The number of benzene rings is 1. The van der Waals surface area contributed by atoms with Crippen LogP contribution in [0.25, 0.3) is 6.08 Å². The van der Waals surface area contributed by atoms with E-state index < -0.39 is 5.97 Å². The van der Waals surface area contributed by atoms with Gasteiger partial charge in [0.15, 0.2) is 0 Å². The van der Waals surface area contributed by atoms with Gasteiger partial charge in [0.2, 0.25) is 0 Å². The zero-order valence-electron chi connectivity index (χ0n) is 10.3. The molecule has 3 nitrogen and oxygen atoms in total. The molecule has 0 aliphatic heterocycles. The maximum Gasteiger partial charge on any atom is 0.307 e. The number of nitrogens with zero attached hydrogens (tertiary/aromatic N) is 1. The molecule has 0 heterocycles. The van der Waals surface area contributed by atoms with Gasteiger partial charge in [0.05, 0.1) is 5.92 Å². The van der Waals surface area contributed by atoms with Gasteiger partial charge in [-0.2, -0.15) is 0 Å². The first-order chi connectivity index (χ1) is 8.09. The zero-order valence-corrected chi connectivity index (χ0v) is 10.3. The van der Waals surface area contributed by atoms with Crippen LogP contribution in [-0.4, -0.2) is 36.1 Å². The largest absolute Gasteiger partial charge is 0.481 e. The maximum atomic E-state index is 10.7. The van der Waals surface area contributed by atoms with Crippen LogP contribution in [0.4, 0.5) is 0 Å². The van der Waals surface area contributed by atoms with Gasteiger partial charge in [0.1, 0.15) is 0 Å². The average Bonchev–Trinajstić information content (AvgIpc) is 2.30. The van der Waals surface area contributed by atoms with Crippen LogP contribution in [-0.2, 0) is 4.79 Å². The molecule has 0 bridgehead atoms. The van der Waals surface area contributed by atoms with E-state index in [1.54, 1.807) is 6.92 Å². The van der Waals surface area contributed by atoms with E-state index >= 15 is 0 Å². The fourth-order valence-corrected chi connectivity index (χ4v) is 1.55. The molecule has 1 aromatic carbocycles. The van der Waals surface area contributed by atoms with E-state index in [2.05, 4.69) is 0 Å². The summed E-state index contributed by atoms with van der Waals surface area (Å²) in [5, 5.41) is 8.79. The molecule has 1 rings (SSSR count). The molecule has 1 N–H and O–H groups in total. The van der Waals surface area contributed by atoms with Crippen molar-refractivity contribution < 1.29 is 9.90 Å². The van der Waals surface area contributed by atoms with Crippen molar-refractivity contribution in [2.24, 2.45) is 5.92 Å². The molecule has 0 amide bonds. The van der Waals surface area contributed by atoms with Crippen molar-refractivity contribution in [3.05, 3.63) is 42.0 Å². The molecular formula is C14H19NO2. The summed E-state index contributed by atoms with van der Waals surface area (Å²) in [6.45, 7) is 3.04. The molecule has 0 saturated carbocycles. The van der Waals surface area contributed by atoms with Gasteiger partial charge in [-0.05, 0) is 12.6 Å². The minimum Gasteiger partial charge on any atom is -0.481 e. The van der Waals surface area contributed by atoms with Gasteiger partial charge in [-0.1, -0.05) is 49.4 Å². The second-order valence-corrected chi connectivity index (χ2v) is 4.27. The fraction of sp³-hybridized carbons (Fsp3) is 0.357. The Morgan fingerprint density at radius 2 is 2.06 bits per heavy atom. The molecule has 3 heteroatoms. The van der Waals surface area contributed by atoms with Gasteiger partial charge < -0.3 is 10.0 Å². The number of hydrogen-bond donors (Lipinski definition) is 1. The minimum absolute atomic E-state index is 0.329. The molecule has 0 aromatic heterocycles. The average molecular weight is 233 g/mol. The van der Waals surface area contributed by atoms with Crippen molar-refractivity contribution in [1.29, 1.82) is 0 Å². The Morgan fingerprint density at radius 3 is 2.65 bits per heavy atom. The van der Waals surface area contributed by atoms with Crippen LogP contribution < -0.4 is 0 Å². The molecule has 0 aliphatic carbocycles. The highest BCUT2D eigenvalue weighted by atomic mass is 16.4. The number of aliphatic carboxylic acids is 1. The lowest BCUT2D eigenvalue weighted by Gasteiger charge is -2.16. The number of carbonyl (C=O) groups is 1. The van der Waals surface area contributed by atoms with Crippen LogP contribution in [0.5, 0.6) is 0 Å². The molecule has 1 aromatic rings. The van der Waals surface area contributed by atoms with Crippen molar-refractivity contribution in [1.82, 2.24) is 4.90 Å². The van der Waals surface area contributed by atoms with Gasteiger partial charge in [-0.15, -0.1) is 0 Å². The van der Waals surface area contributed by atoms with E-state index in [0.717, 1.165) is 12.1 Å². The standard InChI is InChI=1S/C14H19NO2/c1-12(14(16)17)11-15(2)10-6-9-13-7-4-3-5-8-13/h3-9,12H,10-11H2,1-2H3,(H,16,17)/b9-6+. The SMILES string of the molecule is CC(CN(C)C/C=C/c1ccccc1)C(=O)O. The quantitative estimate of drug-likeness (QED) is 0.820. The van der Waals surface area contributed by atoms with Crippen molar-refractivity contribution in [2.75, 3.05) is 20.1 Å². The predicted octanol–water partition coefficient (Wildman–Crippen LogP) is 2.35. The van der Waals surface area contributed by atoms with Crippen molar-refractivity contribution in [3.63, 3.8) is 0 Å². The lowest BCUT2D eigenvalue weighted by Crippen LogP contribution is -2.28.